The van der Waals surface area contributed by atoms with Crippen LogP contribution in [0, 0.1) is 29.6 Å². The van der Waals surface area contributed by atoms with Crippen LogP contribution in [0.1, 0.15) is 46.0 Å². The van der Waals surface area contributed by atoms with Gasteiger partial charge in [0.1, 0.15) is 6.04 Å². The number of aliphatic hydroxyl groups excluding tert-OH is 1. The van der Waals surface area contributed by atoms with Gasteiger partial charge in [-0.15, -0.1) is 0 Å². The van der Waals surface area contributed by atoms with E-state index < -0.39 is 45.6 Å². The predicted molar refractivity (Wildman–Crippen MR) is 122 cm³/mol. The molecule has 2 fully saturated rings. The van der Waals surface area contributed by atoms with Crippen molar-refractivity contribution in [1.29, 1.82) is 0 Å². The van der Waals surface area contributed by atoms with Gasteiger partial charge < -0.3 is 25.8 Å². The summed E-state index contributed by atoms with van der Waals surface area (Å²) in [4.78, 5) is 37.4. The molecule has 0 aromatic heterocycles. The zero-order valence-corrected chi connectivity index (χ0v) is 20.3. The topological polar surface area (TPSA) is 171 Å². The maximum atomic E-state index is 13.0. The molecule has 5 N–H and O–H groups in total. The fraction of sp³-hybridized carbons (Fsp3) is 0.773. The fourth-order valence-electron chi connectivity index (χ4n) is 5.07. The van der Waals surface area contributed by atoms with Gasteiger partial charge in [0.05, 0.1) is 12.6 Å². The molecule has 3 amide bonds. The van der Waals surface area contributed by atoms with Crippen LogP contribution in [0.3, 0.4) is 0 Å². The summed E-state index contributed by atoms with van der Waals surface area (Å²) in [5.41, 5.74) is -2.32. The van der Waals surface area contributed by atoms with Crippen molar-refractivity contribution in [2.45, 2.75) is 63.5 Å². The number of carbonyl (C=O) groups excluding carboxylic acids is 3. The molecule has 12 heteroatoms. The Bertz CT molecular complexity index is 906. The number of amides is 3. The summed E-state index contributed by atoms with van der Waals surface area (Å²) in [7, 11) is -4.91. The first-order valence-corrected chi connectivity index (χ1v) is 13.3. The Hall–Kier alpha value is -2.18. The van der Waals surface area contributed by atoms with Crippen molar-refractivity contribution in [3.63, 3.8) is 0 Å². The van der Waals surface area contributed by atoms with Crippen LogP contribution in [0.4, 0.5) is 4.79 Å². The minimum absolute atomic E-state index is 0.00249. The first kappa shape index (κ1) is 26.4. The highest BCUT2D eigenvalue weighted by Gasteiger charge is 2.39. The van der Waals surface area contributed by atoms with Crippen LogP contribution in [0.2, 0.25) is 0 Å². The summed E-state index contributed by atoms with van der Waals surface area (Å²) in [5.74, 6) is -0.490. The molecule has 2 aliphatic carbocycles. The van der Waals surface area contributed by atoms with Crippen molar-refractivity contribution < 1.29 is 37.2 Å². The van der Waals surface area contributed by atoms with Crippen LogP contribution >= 0.6 is 0 Å². The molecule has 1 heterocycles. The van der Waals surface area contributed by atoms with Crippen molar-refractivity contribution in [2.75, 3.05) is 13.2 Å². The number of alkyl carbamates (subject to hydrolysis) is 1. The molecule has 1 aliphatic heterocycles. The molecule has 1 saturated heterocycles. The van der Waals surface area contributed by atoms with Crippen LogP contribution in [0.5, 0.6) is 0 Å². The lowest BCUT2D eigenvalue weighted by atomic mass is 9.95. The summed E-state index contributed by atoms with van der Waals surface area (Å²) >= 11 is 0. The second kappa shape index (κ2) is 11.0. The maximum Gasteiger partial charge on any atom is 0.407 e. The number of hydrogen-bond donors (Lipinski definition) is 5. The van der Waals surface area contributed by atoms with Crippen LogP contribution < -0.4 is 16.0 Å². The highest BCUT2D eigenvalue weighted by Crippen LogP contribution is 2.43. The van der Waals surface area contributed by atoms with E-state index in [1.807, 2.05) is 13.8 Å². The number of nitrogens with one attached hydrogen (secondary N) is 3. The number of ether oxygens (including phenoxy) is 1. The van der Waals surface area contributed by atoms with E-state index >= 15 is 0 Å². The molecule has 11 nitrogen and oxygen atoms in total. The van der Waals surface area contributed by atoms with E-state index in [1.165, 1.54) is 0 Å². The van der Waals surface area contributed by atoms with Gasteiger partial charge in [-0.05, 0) is 49.9 Å². The number of fused-ring (bicyclic) bond motifs is 2. The lowest BCUT2D eigenvalue weighted by Crippen LogP contribution is -2.55. The molecule has 192 valence electrons. The van der Waals surface area contributed by atoms with E-state index in [0.29, 0.717) is 24.8 Å². The molecule has 0 aromatic carbocycles. The Kier molecular flexibility index (Phi) is 8.58. The summed E-state index contributed by atoms with van der Waals surface area (Å²) in [6, 6.07) is -2.49. The number of rotatable bonds is 11. The minimum atomic E-state index is -4.91. The van der Waals surface area contributed by atoms with Crippen molar-refractivity contribution in [2.24, 2.45) is 29.6 Å². The van der Waals surface area contributed by atoms with Crippen LogP contribution in [-0.2, 0) is 24.4 Å². The SMILES string of the molecule is CC(C)C[C@H](NC(=O)OCC1CC2C=CC1C2)C(=O)N[C@@H](C[C@@H]1CCNC1=O)C(O)S(=O)(=O)O. The van der Waals surface area contributed by atoms with Crippen molar-refractivity contribution >= 4 is 28.0 Å². The van der Waals surface area contributed by atoms with Gasteiger partial charge in [-0.25, -0.2) is 4.79 Å². The molecule has 0 spiro atoms. The van der Waals surface area contributed by atoms with Gasteiger partial charge in [-0.1, -0.05) is 26.0 Å². The van der Waals surface area contributed by atoms with E-state index in [-0.39, 0.29) is 37.2 Å². The molecule has 0 aromatic rings. The Labute approximate surface area is 199 Å². The molecule has 2 bridgehead atoms. The summed E-state index contributed by atoms with van der Waals surface area (Å²) < 4.78 is 37.8. The lowest BCUT2D eigenvalue weighted by Gasteiger charge is -2.27. The van der Waals surface area contributed by atoms with Crippen LogP contribution in [0.25, 0.3) is 0 Å². The maximum absolute atomic E-state index is 13.0. The highest BCUT2D eigenvalue weighted by molar-refractivity contribution is 7.86. The third-order valence-corrected chi connectivity index (χ3v) is 7.78. The highest BCUT2D eigenvalue weighted by atomic mass is 32.2. The first-order chi connectivity index (χ1) is 15.9. The molecule has 34 heavy (non-hydrogen) atoms. The number of allylic oxidation sites excluding steroid dienone is 2. The summed E-state index contributed by atoms with van der Waals surface area (Å²) in [5, 5.41) is 17.7. The predicted octanol–water partition coefficient (Wildman–Crippen LogP) is 0.557. The fourth-order valence-corrected chi connectivity index (χ4v) is 5.66. The second-order valence-corrected chi connectivity index (χ2v) is 11.5. The van der Waals surface area contributed by atoms with Gasteiger partial charge in [0, 0.05) is 18.4 Å². The van der Waals surface area contributed by atoms with E-state index in [4.69, 9.17) is 4.74 Å². The van der Waals surface area contributed by atoms with Gasteiger partial charge in [-0.3, -0.25) is 14.1 Å². The monoisotopic (exact) mass is 501 g/mol. The minimum Gasteiger partial charge on any atom is -0.449 e. The number of hydrogen-bond acceptors (Lipinski definition) is 7. The largest absolute Gasteiger partial charge is 0.449 e. The third kappa shape index (κ3) is 6.92. The lowest BCUT2D eigenvalue weighted by molar-refractivity contribution is -0.126. The average molecular weight is 502 g/mol. The van der Waals surface area contributed by atoms with Gasteiger partial charge in [0.25, 0.3) is 10.1 Å². The number of carbonyl (C=O) groups is 3. The van der Waals surface area contributed by atoms with E-state index in [1.54, 1.807) is 0 Å². The Balaban J connectivity index is 1.61. The zero-order chi connectivity index (χ0) is 25.0. The Morgan fingerprint density at radius 2 is 1.97 bits per heavy atom. The molecule has 4 unspecified atom stereocenters. The van der Waals surface area contributed by atoms with Gasteiger partial charge in [-0.2, -0.15) is 8.42 Å². The van der Waals surface area contributed by atoms with Crippen molar-refractivity contribution in [3.8, 4) is 0 Å². The Morgan fingerprint density at radius 1 is 1.24 bits per heavy atom. The standard InChI is InChI=1S/C22H35N3O8S/c1-12(2)7-17(25-22(29)33-11-16-9-13-3-4-14(16)8-13)20(27)24-18(21(28)34(30,31)32)10-15-5-6-23-19(15)26/h3-4,12-18,21,28H,5-11H2,1-2H3,(H,23,26)(H,24,27)(H,25,29)(H,30,31,32)/t13?,14?,15-,16?,17-,18-,21?/m0/s1. The number of aliphatic hydroxyl groups is 1. The molecule has 0 radical (unpaired) electrons. The summed E-state index contributed by atoms with van der Waals surface area (Å²) in [6.45, 7) is 4.34. The quantitative estimate of drug-likeness (QED) is 0.202. The average Bonchev–Trinajstić information content (AvgIpc) is 3.47. The van der Waals surface area contributed by atoms with E-state index in [9.17, 15) is 32.5 Å². The molecular formula is C22H35N3O8S. The van der Waals surface area contributed by atoms with E-state index in [2.05, 4.69) is 28.1 Å². The van der Waals surface area contributed by atoms with Crippen molar-refractivity contribution in [3.05, 3.63) is 12.2 Å². The zero-order valence-electron chi connectivity index (χ0n) is 19.5. The first-order valence-electron chi connectivity index (χ1n) is 11.8. The normalized spacial score (nSPS) is 28.4. The van der Waals surface area contributed by atoms with E-state index in [0.717, 1.165) is 12.8 Å². The molecule has 1 saturated carbocycles. The third-order valence-electron chi connectivity index (χ3n) is 6.84. The molecule has 3 rings (SSSR count). The van der Waals surface area contributed by atoms with Crippen LogP contribution in [0.15, 0.2) is 12.2 Å². The summed E-state index contributed by atoms with van der Waals surface area (Å²) in [6.07, 6.45) is 6.08. The van der Waals surface area contributed by atoms with Gasteiger partial charge in [0.15, 0.2) is 0 Å². The van der Waals surface area contributed by atoms with Gasteiger partial charge in [0.2, 0.25) is 17.3 Å². The van der Waals surface area contributed by atoms with Gasteiger partial charge >= 0.3 is 6.09 Å². The van der Waals surface area contributed by atoms with Crippen molar-refractivity contribution in [1.82, 2.24) is 16.0 Å². The molecule has 7 atom stereocenters. The Morgan fingerprint density at radius 3 is 2.50 bits per heavy atom. The second-order valence-electron chi connectivity index (χ2n) is 10.00. The smallest absolute Gasteiger partial charge is 0.407 e. The molecular weight excluding hydrogens is 466 g/mol. The van der Waals surface area contributed by atoms with Crippen LogP contribution in [-0.4, -0.2) is 66.7 Å². The molecule has 3 aliphatic rings.